The summed E-state index contributed by atoms with van der Waals surface area (Å²) in [4.78, 5) is 0. The van der Waals surface area contributed by atoms with E-state index in [1.807, 2.05) is 11.8 Å². The average Bonchev–Trinajstić information content (AvgIpc) is 2.42. The molecule has 0 aromatic heterocycles. The molecule has 0 aliphatic carbocycles. The molecule has 0 amide bonds. The van der Waals surface area contributed by atoms with Gasteiger partial charge in [0.15, 0.2) is 0 Å². The number of thioether (sulfide) groups is 1. The monoisotopic (exact) mass is 159 g/mol. The highest BCUT2D eigenvalue weighted by atomic mass is 32.2. The third-order valence-electron chi connectivity index (χ3n) is 2.76. The van der Waals surface area contributed by atoms with Gasteiger partial charge in [0, 0.05) is 17.7 Å². The molecule has 58 valence electrons. The Morgan fingerprint density at radius 3 is 3.30 bits per heavy atom. The summed E-state index contributed by atoms with van der Waals surface area (Å²) in [6, 6.07) is 0. The van der Waals surface area contributed by atoms with Crippen LogP contribution < -0.4 is 5.32 Å². The number of hydrogen-bond donors (Lipinski definition) is 2. The zero-order chi connectivity index (χ0) is 7.03. The Morgan fingerprint density at radius 2 is 2.60 bits per heavy atom. The van der Waals surface area contributed by atoms with Gasteiger partial charge < -0.3 is 10.4 Å². The lowest BCUT2D eigenvalue weighted by atomic mass is 9.82. The summed E-state index contributed by atoms with van der Waals surface area (Å²) >= 11 is 1.99. The van der Waals surface area contributed by atoms with Gasteiger partial charge in [0.2, 0.25) is 0 Å². The van der Waals surface area contributed by atoms with Crippen molar-refractivity contribution in [3.8, 4) is 0 Å². The van der Waals surface area contributed by atoms with Gasteiger partial charge in [0.25, 0.3) is 0 Å². The fraction of sp³-hybridized carbons (Fsp3) is 1.00. The fourth-order valence-electron chi connectivity index (χ4n) is 1.90. The lowest BCUT2D eigenvalue weighted by Gasteiger charge is -2.23. The van der Waals surface area contributed by atoms with Crippen LogP contribution in [0, 0.1) is 11.3 Å². The molecule has 0 radical (unpaired) electrons. The molecule has 3 heteroatoms. The van der Waals surface area contributed by atoms with Crippen molar-refractivity contribution in [1.82, 2.24) is 5.32 Å². The van der Waals surface area contributed by atoms with Crippen molar-refractivity contribution in [1.29, 1.82) is 0 Å². The van der Waals surface area contributed by atoms with Crippen molar-refractivity contribution in [2.24, 2.45) is 11.3 Å². The number of fused-ring (bicyclic) bond motifs is 1. The van der Waals surface area contributed by atoms with Crippen LogP contribution in [0.15, 0.2) is 0 Å². The lowest BCUT2D eigenvalue weighted by molar-refractivity contribution is 0.137. The summed E-state index contributed by atoms with van der Waals surface area (Å²) in [6.45, 7) is 2.52. The molecule has 2 atom stereocenters. The van der Waals surface area contributed by atoms with Gasteiger partial charge in [-0.25, -0.2) is 0 Å². The summed E-state index contributed by atoms with van der Waals surface area (Å²) in [7, 11) is 0. The SMILES string of the molecule is OC[C@@]12CNC[C@@H]1CSC2. The van der Waals surface area contributed by atoms with Crippen LogP contribution in [0.4, 0.5) is 0 Å². The number of hydrogen-bond acceptors (Lipinski definition) is 3. The molecule has 2 saturated heterocycles. The zero-order valence-electron chi connectivity index (χ0n) is 5.97. The van der Waals surface area contributed by atoms with Gasteiger partial charge in [-0.2, -0.15) is 11.8 Å². The Kier molecular flexibility index (Phi) is 1.66. The Labute approximate surface area is 65.4 Å². The molecule has 2 aliphatic heterocycles. The Hall–Kier alpha value is 0.270. The van der Waals surface area contributed by atoms with E-state index < -0.39 is 0 Å². The Bertz CT molecular complexity index is 130. The second kappa shape index (κ2) is 2.40. The molecule has 2 nitrogen and oxygen atoms in total. The number of nitrogens with one attached hydrogen (secondary N) is 1. The third-order valence-corrected chi connectivity index (χ3v) is 4.17. The van der Waals surface area contributed by atoms with Crippen molar-refractivity contribution in [2.75, 3.05) is 31.2 Å². The predicted molar refractivity (Wildman–Crippen MR) is 43.2 cm³/mol. The minimum Gasteiger partial charge on any atom is -0.396 e. The standard InChI is InChI=1S/C7H13NOS/c9-4-7-3-8-1-6(7)2-10-5-7/h6,8-9H,1-5H2/t6-,7-/m1/s1. The first-order valence-corrected chi connectivity index (χ1v) is 4.92. The molecule has 0 aromatic carbocycles. The number of rotatable bonds is 1. The van der Waals surface area contributed by atoms with Crippen LogP contribution in [-0.2, 0) is 0 Å². The largest absolute Gasteiger partial charge is 0.396 e. The molecule has 2 rings (SSSR count). The van der Waals surface area contributed by atoms with Crippen molar-refractivity contribution < 1.29 is 5.11 Å². The van der Waals surface area contributed by atoms with Gasteiger partial charge in [-0.05, 0) is 18.2 Å². The first-order chi connectivity index (χ1) is 4.87. The van der Waals surface area contributed by atoms with E-state index in [1.54, 1.807) is 0 Å². The van der Waals surface area contributed by atoms with Crippen molar-refractivity contribution in [3.63, 3.8) is 0 Å². The molecule has 0 spiro atoms. The molecule has 0 bridgehead atoms. The summed E-state index contributed by atoms with van der Waals surface area (Å²) in [6.07, 6.45) is 0. The van der Waals surface area contributed by atoms with Gasteiger partial charge >= 0.3 is 0 Å². The highest BCUT2D eigenvalue weighted by molar-refractivity contribution is 7.99. The van der Waals surface area contributed by atoms with Gasteiger partial charge in [-0.1, -0.05) is 0 Å². The Morgan fingerprint density at radius 1 is 1.70 bits per heavy atom. The van der Waals surface area contributed by atoms with E-state index in [4.69, 9.17) is 0 Å². The van der Waals surface area contributed by atoms with E-state index in [1.165, 1.54) is 5.75 Å². The summed E-state index contributed by atoms with van der Waals surface area (Å²) in [5.41, 5.74) is 0.255. The van der Waals surface area contributed by atoms with Gasteiger partial charge in [-0.15, -0.1) is 0 Å². The molecular weight excluding hydrogens is 146 g/mol. The van der Waals surface area contributed by atoms with E-state index in [0.717, 1.165) is 24.8 Å². The molecule has 0 aromatic rings. The first kappa shape index (κ1) is 6.95. The predicted octanol–water partition coefficient (Wildman–Crippen LogP) is -0.0687. The van der Waals surface area contributed by atoms with Crippen LogP contribution in [0.3, 0.4) is 0 Å². The smallest absolute Gasteiger partial charge is 0.0511 e. The third kappa shape index (κ3) is 0.807. The van der Waals surface area contributed by atoms with Gasteiger partial charge in [-0.3, -0.25) is 0 Å². The maximum absolute atomic E-state index is 9.17. The van der Waals surface area contributed by atoms with E-state index >= 15 is 0 Å². The second-order valence-electron chi connectivity index (χ2n) is 3.36. The molecule has 0 saturated carbocycles. The zero-order valence-corrected chi connectivity index (χ0v) is 6.78. The maximum atomic E-state index is 9.17. The van der Waals surface area contributed by atoms with Crippen LogP contribution >= 0.6 is 11.8 Å². The van der Waals surface area contributed by atoms with E-state index in [0.29, 0.717) is 6.61 Å². The molecule has 2 aliphatic rings. The van der Waals surface area contributed by atoms with Crippen molar-refractivity contribution in [3.05, 3.63) is 0 Å². The van der Waals surface area contributed by atoms with Crippen LogP contribution in [0.25, 0.3) is 0 Å². The minimum absolute atomic E-state index is 0.255. The van der Waals surface area contributed by atoms with Crippen molar-refractivity contribution in [2.45, 2.75) is 0 Å². The highest BCUT2D eigenvalue weighted by Gasteiger charge is 2.46. The average molecular weight is 159 g/mol. The number of aliphatic hydroxyl groups excluding tert-OH is 1. The maximum Gasteiger partial charge on any atom is 0.0511 e. The van der Waals surface area contributed by atoms with Crippen molar-refractivity contribution >= 4 is 11.8 Å². The van der Waals surface area contributed by atoms with Crippen LogP contribution in [0.1, 0.15) is 0 Å². The normalized spacial score (nSPS) is 45.9. The Balaban J connectivity index is 2.15. The molecule has 2 heterocycles. The summed E-state index contributed by atoms with van der Waals surface area (Å²) in [5, 5.41) is 12.5. The quantitative estimate of drug-likeness (QED) is 0.562. The molecular formula is C7H13NOS. The van der Waals surface area contributed by atoms with Crippen LogP contribution in [0.5, 0.6) is 0 Å². The molecule has 0 unspecified atom stereocenters. The summed E-state index contributed by atoms with van der Waals surface area (Å²) in [5.74, 6) is 3.14. The molecule has 10 heavy (non-hydrogen) atoms. The topological polar surface area (TPSA) is 32.3 Å². The molecule has 2 N–H and O–H groups in total. The van der Waals surface area contributed by atoms with E-state index in [-0.39, 0.29) is 5.41 Å². The van der Waals surface area contributed by atoms with Crippen LogP contribution in [0.2, 0.25) is 0 Å². The minimum atomic E-state index is 0.255. The lowest BCUT2D eigenvalue weighted by Crippen LogP contribution is -2.33. The number of aliphatic hydroxyl groups is 1. The summed E-state index contributed by atoms with van der Waals surface area (Å²) < 4.78 is 0. The van der Waals surface area contributed by atoms with Gasteiger partial charge in [0.1, 0.15) is 0 Å². The fourth-order valence-corrected chi connectivity index (χ4v) is 3.61. The second-order valence-corrected chi connectivity index (χ2v) is 4.39. The van der Waals surface area contributed by atoms with E-state index in [2.05, 4.69) is 5.32 Å². The van der Waals surface area contributed by atoms with Gasteiger partial charge in [0.05, 0.1) is 6.61 Å². The van der Waals surface area contributed by atoms with E-state index in [9.17, 15) is 5.11 Å². The first-order valence-electron chi connectivity index (χ1n) is 3.77. The highest BCUT2D eigenvalue weighted by Crippen LogP contribution is 2.42. The van der Waals surface area contributed by atoms with Crippen LogP contribution in [-0.4, -0.2) is 36.3 Å². The molecule has 2 fully saturated rings.